The summed E-state index contributed by atoms with van der Waals surface area (Å²) in [5.41, 5.74) is 1.61. The highest BCUT2D eigenvalue weighted by Crippen LogP contribution is 2.17. The Bertz CT molecular complexity index is 300. The molecule has 0 saturated carbocycles. The Labute approximate surface area is 81.1 Å². The molecular weight excluding hydrogens is 190 g/mol. The van der Waals surface area contributed by atoms with Gasteiger partial charge in [0.05, 0.1) is 6.61 Å². The molecule has 1 aromatic rings. The van der Waals surface area contributed by atoms with E-state index in [0.717, 1.165) is 11.1 Å². The summed E-state index contributed by atoms with van der Waals surface area (Å²) < 4.78 is 28.4. The molecule has 1 rings (SSSR count). The number of benzene rings is 1. The Hall–Kier alpha value is -1.16. The zero-order valence-corrected chi connectivity index (χ0v) is 7.84. The third kappa shape index (κ3) is 2.96. The Balaban J connectivity index is 2.66. The first kappa shape index (κ1) is 10.9. The van der Waals surface area contributed by atoms with E-state index in [0.29, 0.717) is 5.75 Å². The average Bonchev–Trinajstić information content (AvgIpc) is 2.15. The molecule has 0 saturated heterocycles. The van der Waals surface area contributed by atoms with Crippen LogP contribution >= 0.6 is 0 Å². The number of aryl methyl sites for hydroxylation is 1. The van der Waals surface area contributed by atoms with Crippen molar-refractivity contribution in [2.45, 2.75) is 20.0 Å². The molecule has 1 aromatic carbocycles. The lowest BCUT2D eigenvalue weighted by molar-refractivity contribution is 0.0818. The number of hydrogen-bond donors (Lipinski definition) is 1. The molecule has 14 heavy (non-hydrogen) atoms. The molecule has 0 fully saturated rings. The van der Waals surface area contributed by atoms with Crippen molar-refractivity contribution >= 4 is 0 Å². The van der Waals surface area contributed by atoms with Crippen LogP contribution in [0, 0.1) is 6.92 Å². The molecule has 0 aromatic heterocycles. The first-order valence-corrected chi connectivity index (χ1v) is 4.25. The zero-order valence-electron chi connectivity index (χ0n) is 7.84. The van der Waals surface area contributed by atoms with Crippen molar-refractivity contribution in [1.29, 1.82) is 0 Å². The third-order valence-corrected chi connectivity index (χ3v) is 1.86. The molecule has 0 amide bonds. The van der Waals surface area contributed by atoms with Crippen molar-refractivity contribution < 1.29 is 18.6 Å². The summed E-state index contributed by atoms with van der Waals surface area (Å²) in [6.45, 7) is 1.14. The van der Waals surface area contributed by atoms with Crippen LogP contribution < -0.4 is 4.74 Å². The molecular formula is C10H12F2O2. The zero-order chi connectivity index (χ0) is 10.6. The van der Waals surface area contributed by atoms with Crippen LogP contribution in [0.2, 0.25) is 0 Å². The van der Waals surface area contributed by atoms with Crippen LogP contribution in [0.15, 0.2) is 18.2 Å². The predicted molar refractivity (Wildman–Crippen MR) is 48.6 cm³/mol. The van der Waals surface area contributed by atoms with Crippen LogP contribution in [0.3, 0.4) is 0 Å². The minimum Gasteiger partial charge on any atom is -0.488 e. The minimum atomic E-state index is -2.46. The molecule has 78 valence electrons. The fourth-order valence-electron chi connectivity index (χ4n) is 1.09. The van der Waals surface area contributed by atoms with E-state index in [2.05, 4.69) is 0 Å². The van der Waals surface area contributed by atoms with Crippen LogP contribution in [-0.4, -0.2) is 18.1 Å². The monoisotopic (exact) mass is 202 g/mol. The number of hydrogen-bond acceptors (Lipinski definition) is 2. The van der Waals surface area contributed by atoms with Gasteiger partial charge in [-0.1, -0.05) is 6.07 Å². The predicted octanol–water partition coefficient (Wildman–Crippen LogP) is 2.13. The summed E-state index contributed by atoms with van der Waals surface area (Å²) in [7, 11) is 0. The van der Waals surface area contributed by atoms with Gasteiger partial charge < -0.3 is 9.84 Å². The van der Waals surface area contributed by atoms with Crippen LogP contribution in [0.1, 0.15) is 11.1 Å². The lowest BCUT2D eigenvalue weighted by atomic mass is 10.1. The first-order chi connectivity index (χ1) is 6.63. The van der Waals surface area contributed by atoms with Gasteiger partial charge in [0, 0.05) is 0 Å². The van der Waals surface area contributed by atoms with Gasteiger partial charge in [0.15, 0.2) is 0 Å². The van der Waals surface area contributed by atoms with Crippen LogP contribution in [0.25, 0.3) is 0 Å². The number of alkyl halides is 2. The minimum absolute atomic E-state index is 0.0546. The lowest BCUT2D eigenvalue weighted by Gasteiger charge is -2.08. The van der Waals surface area contributed by atoms with Crippen LogP contribution in [-0.2, 0) is 6.61 Å². The second-order valence-electron chi connectivity index (χ2n) is 2.95. The van der Waals surface area contributed by atoms with E-state index in [1.807, 2.05) is 0 Å². The van der Waals surface area contributed by atoms with Crippen molar-refractivity contribution in [3.63, 3.8) is 0 Å². The van der Waals surface area contributed by atoms with E-state index in [9.17, 15) is 8.78 Å². The molecule has 0 aliphatic rings. The molecule has 0 radical (unpaired) electrons. The summed E-state index contributed by atoms with van der Waals surface area (Å²) in [5, 5.41) is 8.87. The van der Waals surface area contributed by atoms with Gasteiger partial charge in [0.2, 0.25) is 0 Å². The van der Waals surface area contributed by atoms with Gasteiger partial charge in [-0.05, 0) is 30.2 Å². The highest BCUT2D eigenvalue weighted by Gasteiger charge is 2.04. The SMILES string of the molecule is Cc1cc(OCC(F)F)ccc1CO. The fraction of sp³-hybridized carbons (Fsp3) is 0.400. The van der Waals surface area contributed by atoms with Gasteiger partial charge in [-0.3, -0.25) is 0 Å². The maximum absolute atomic E-state index is 11.8. The maximum atomic E-state index is 11.8. The van der Waals surface area contributed by atoms with E-state index < -0.39 is 13.0 Å². The Morgan fingerprint density at radius 3 is 2.64 bits per heavy atom. The lowest BCUT2D eigenvalue weighted by Crippen LogP contribution is -2.07. The van der Waals surface area contributed by atoms with Crippen molar-refractivity contribution in [2.24, 2.45) is 0 Å². The molecule has 2 nitrogen and oxygen atoms in total. The normalized spacial score (nSPS) is 10.6. The highest BCUT2D eigenvalue weighted by molar-refractivity contribution is 5.34. The molecule has 0 unspecified atom stereocenters. The van der Waals surface area contributed by atoms with Gasteiger partial charge in [0.25, 0.3) is 6.43 Å². The largest absolute Gasteiger partial charge is 0.488 e. The molecule has 0 aliphatic heterocycles. The van der Waals surface area contributed by atoms with Gasteiger partial charge in [-0.15, -0.1) is 0 Å². The number of rotatable bonds is 4. The Morgan fingerprint density at radius 2 is 2.14 bits per heavy atom. The molecule has 0 aliphatic carbocycles. The summed E-state index contributed by atoms with van der Waals surface area (Å²) in [4.78, 5) is 0. The standard InChI is InChI=1S/C10H12F2O2/c1-7-4-9(14-6-10(11)12)3-2-8(7)5-13/h2-4,10,13H,5-6H2,1H3. The quantitative estimate of drug-likeness (QED) is 0.810. The van der Waals surface area contributed by atoms with Crippen molar-refractivity contribution in [1.82, 2.24) is 0 Å². The maximum Gasteiger partial charge on any atom is 0.272 e. The summed E-state index contributed by atoms with van der Waals surface area (Å²) in [5.74, 6) is 0.403. The van der Waals surface area contributed by atoms with Crippen LogP contribution in [0.4, 0.5) is 8.78 Å². The summed E-state index contributed by atoms with van der Waals surface area (Å²) >= 11 is 0. The molecule has 0 bridgehead atoms. The van der Waals surface area contributed by atoms with E-state index >= 15 is 0 Å². The topological polar surface area (TPSA) is 29.5 Å². The summed E-state index contributed by atoms with van der Waals surface area (Å²) in [6, 6.07) is 4.87. The molecule has 1 N–H and O–H groups in total. The van der Waals surface area contributed by atoms with E-state index in [4.69, 9.17) is 9.84 Å². The van der Waals surface area contributed by atoms with Gasteiger partial charge in [-0.25, -0.2) is 8.78 Å². The number of halogens is 2. The van der Waals surface area contributed by atoms with E-state index in [1.165, 1.54) is 0 Å². The number of aliphatic hydroxyl groups excluding tert-OH is 1. The summed E-state index contributed by atoms with van der Waals surface area (Å²) in [6.07, 6.45) is -2.46. The van der Waals surface area contributed by atoms with E-state index in [1.54, 1.807) is 25.1 Å². The van der Waals surface area contributed by atoms with Crippen molar-refractivity contribution in [3.8, 4) is 5.75 Å². The first-order valence-electron chi connectivity index (χ1n) is 4.25. The van der Waals surface area contributed by atoms with Gasteiger partial charge in [-0.2, -0.15) is 0 Å². The smallest absolute Gasteiger partial charge is 0.272 e. The number of ether oxygens (including phenoxy) is 1. The fourth-order valence-corrected chi connectivity index (χ4v) is 1.09. The molecule has 0 heterocycles. The third-order valence-electron chi connectivity index (χ3n) is 1.86. The molecule has 0 spiro atoms. The van der Waals surface area contributed by atoms with Crippen molar-refractivity contribution in [2.75, 3.05) is 6.61 Å². The number of aliphatic hydroxyl groups is 1. The van der Waals surface area contributed by atoms with Crippen LogP contribution in [0.5, 0.6) is 5.75 Å². The van der Waals surface area contributed by atoms with Crippen molar-refractivity contribution in [3.05, 3.63) is 29.3 Å². The van der Waals surface area contributed by atoms with E-state index in [-0.39, 0.29) is 6.61 Å². The van der Waals surface area contributed by atoms with Gasteiger partial charge in [0.1, 0.15) is 12.4 Å². The molecule has 4 heteroatoms. The highest BCUT2D eigenvalue weighted by atomic mass is 19.3. The second kappa shape index (κ2) is 4.91. The Kier molecular flexibility index (Phi) is 3.83. The van der Waals surface area contributed by atoms with Gasteiger partial charge >= 0.3 is 0 Å². The molecule has 0 atom stereocenters. The second-order valence-corrected chi connectivity index (χ2v) is 2.95. The average molecular weight is 202 g/mol. The Morgan fingerprint density at radius 1 is 1.43 bits per heavy atom.